The van der Waals surface area contributed by atoms with Crippen LogP contribution in [0.5, 0.6) is 0 Å². The highest BCUT2D eigenvalue weighted by atomic mass is 32.2. The fourth-order valence-corrected chi connectivity index (χ4v) is 4.28. The Bertz CT molecular complexity index is 394. The van der Waals surface area contributed by atoms with E-state index in [0.717, 1.165) is 25.9 Å². The summed E-state index contributed by atoms with van der Waals surface area (Å²) in [5.74, 6) is -0.152. The van der Waals surface area contributed by atoms with E-state index >= 15 is 0 Å². The molecular formula is C14H24N2O3S. The summed E-state index contributed by atoms with van der Waals surface area (Å²) in [4.78, 5) is 25.8. The van der Waals surface area contributed by atoms with Crippen molar-refractivity contribution in [3.05, 3.63) is 0 Å². The van der Waals surface area contributed by atoms with Crippen LogP contribution in [0.4, 0.5) is 0 Å². The van der Waals surface area contributed by atoms with E-state index in [9.17, 15) is 14.7 Å². The van der Waals surface area contributed by atoms with Crippen molar-refractivity contribution in [3.63, 3.8) is 0 Å². The number of rotatable bonds is 3. The number of carbonyl (C=O) groups is 2. The maximum absolute atomic E-state index is 12.9. The van der Waals surface area contributed by atoms with Crippen LogP contribution in [0, 0.1) is 11.3 Å². The zero-order chi connectivity index (χ0) is 14.9. The van der Waals surface area contributed by atoms with Crippen LogP contribution in [-0.2, 0) is 9.59 Å². The number of carbonyl (C=O) groups excluding carboxylic acids is 1. The maximum atomic E-state index is 12.9. The van der Waals surface area contributed by atoms with Gasteiger partial charge in [-0.05, 0) is 38.8 Å². The molecule has 114 valence electrons. The summed E-state index contributed by atoms with van der Waals surface area (Å²) in [5.41, 5.74) is -0.514. The quantitative estimate of drug-likeness (QED) is 0.824. The van der Waals surface area contributed by atoms with Gasteiger partial charge in [0.25, 0.3) is 0 Å². The van der Waals surface area contributed by atoms with Gasteiger partial charge in [0.2, 0.25) is 5.91 Å². The zero-order valence-corrected chi connectivity index (χ0v) is 13.2. The first-order valence-electron chi connectivity index (χ1n) is 7.23. The lowest BCUT2D eigenvalue weighted by atomic mass is 9.73. The molecule has 3 atom stereocenters. The van der Waals surface area contributed by atoms with E-state index in [1.807, 2.05) is 20.8 Å². The van der Waals surface area contributed by atoms with E-state index in [4.69, 9.17) is 0 Å². The Balaban J connectivity index is 2.17. The Morgan fingerprint density at radius 1 is 1.40 bits per heavy atom. The molecule has 0 spiro atoms. The third-order valence-corrected chi connectivity index (χ3v) is 5.83. The molecule has 2 rings (SSSR count). The molecule has 2 fully saturated rings. The van der Waals surface area contributed by atoms with E-state index in [-0.39, 0.29) is 17.2 Å². The molecule has 0 saturated carbocycles. The topological polar surface area (TPSA) is 69.6 Å². The molecule has 5 nitrogen and oxygen atoms in total. The number of thioether (sulfide) groups is 1. The highest BCUT2D eigenvalue weighted by Crippen LogP contribution is 2.38. The molecule has 2 aliphatic rings. The van der Waals surface area contributed by atoms with Gasteiger partial charge in [-0.25, -0.2) is 4.79 Å². The van der Waals surface area contributed by atoms with E-state index in [0.29, 0.717) is 5.75 Å². The van der Waals surface area contributed by atoms with Gasteiger partial charge in [-0.3, -0.25) is 4.79 Å². The van der Waals surface area contributed by atoms with Crippen LogP contribution in [0.3, 0.4) is 0 Å². The smallest absolute Gasteiger partial charge is 0.327 e. The molecule has 20 heavy (non-hydrogen) atoms. The number of nitrogens with one attached hydrogen (secondary N) is 1. The molecule has 2 aliphatic heterocycles. The highest BCUT2D eigenvalue weighted by molar-refractivity contribution is 8.00. The third kappa shape index (κ3) is 2.81. The zero-order valence-electron chi connectivity index (χ0n) is 12.4. The molecule has 3 unspecified atom stereocenters. The van der Waals surface area contributed by atoms with E-state index < -0.39 is 17.4 Å². The van der Waals surface area contributed by atoms with Crippen LogP contribution < -0.4 is 5.32 Å². The molecule has 0 radical (unpaired) electrons. The minimum Gasteiger partial charge on any atom is -0.480 e. The fourth-order valence-electron chi connectivity index (χ4n) is 3.12. The molecule has 2 saturated heterocycles. The number of carboxylic acids is 1. The summed E-state index contributed by atoms with van der Waals surface area (Å²) in [6.45, 7) is 7.68. The van der Waals surface area contributed by atoms with Crippen molar-refractivity contribution in [2.75, 3.05) is 18.8 Å². The normalized spacial score (nSPS) is 31.4. The predicted octanol–water partition coefficient (Wildman–Crippen LogP) is 1.39. The fraction of sp³-hybridized carbons (Fsp3) is 0.857. The second-order valence-electron chi connectivity index (χ2n) is 6.26. The van der Waals surface area contributed by atoms with Gasteiger partial charge in [0, 0.05) is 11.2 Å². The van der Waals surface area contributed by atoms with Gasteiger partial charge in [-0.1, -0.05) is 13.8 Å². The molecule has 6 heteroatoms. The Morgan fingerprint density at radius 2 is 2.10 bits per heavy atom. The Labute approximate surface area is 124 Å². The molecule has 0 aromatic rings. The van der Waals surface area contributed by atoms with E-state index in [1.165, 1.54) is 0 Å². The number of nitrogens with zero attached hydrogens (tertiary/aromatic N) is 1. The van der Waals surface area contributed by atoms with Gasteiger partial charge in [0.15, 0.2) is 0 Å². The number of hydrogen-bond donors (Lipinski definition) is 2. The largest absolute Gasteiger partial charge is 0.480 e. The third-order valence-electron chi connectivity index (χ3n) is 4.61. The van der Waals surface area contributed by atoms with Crippen molar-refractivity contribution in [2.24, 2.45) is 11.3 Å². The summed E-state index contributed by atoms with van der Waals surface area (Å²) in [5, 5.41) is 12.6. The molecule has 2 heterocycles. The maximum Gasteiger partial charge on any atom is 0.327 e. The van der Waals surface area contributed by atoms with Gasteiger partial charge < -0.3 is 15.3 Å². The molecule has 0 aromatic heterocycles. The van der Waals surface area contributed by atoms with Crippen molar-refractivity contribution >= 4 is 23.6 Å². The lowest BCUT2D eigenvalue weighted by Crippen LogP contribution is -2.53. The molecule has 0 aromatic carbocycles. The highest BCUT2D eigenvalue weighted by Gasteiger charge is 2.47. The molecule has 0 aliphatic carbocycles. The molecule has 1 amide bonds. The van der Waals surface area contributed by atoms with Crippen molar-refractivity contribution in [3.8, 4) is 0 Å². The van der Waals surface area contributed by atoms with Crippen LogP contribution in [0.15, 0.2) is 0 Å². The van der Waals surface area contributed by atoms with Crippen LogP contribution in [0.25, 0.3) is 0 Å². The van der Waals surface area contributed by atoms with Crippen LogP contribution >= 0.6 is 11.8 Å². The first-order chi connectivity index (χ1) is 9.35. The first-order valence-corrected chi connectivity index (χ1v) is 8.28. The van der Waals surface area contributed by atoms with Gasteiger partial charge in [-0.2, -0.15) is 0 Å². The standard InChI is InChI=1S/C14H24N2O3S/c1-9-16(11(8-20-9)12(17)18)13(19)14(2,3)10-5-4-6-15-7-10/h9-11,15H,4-8H2,1-3H3,(H,17,18). The lowest BCUT2D eigenvalue weighted by Gasteiger charge is -2.40. The van der Waals surface area contributed by atoms with Crippen molar-refractivity contribution in [2.45, 2.75) is 45.0 Å². The monoisotopic (exact) mass is 300 g/mol. The summed E-state index contributed by atoms with van der Waals surface area (Å²) < 4.78 is 0. The second-order valence-corrected chi connectivity index (χ2v) is 7.61. The van der Waals surface area contributed by atoms with Gasteiger partial charge in [-0.15, -0.1) is 11.8 Å². The van der Waals surface area contributed by atoms with Gasteiger partial charge in [0.05, 0.1) is 5.37 Å². The summed E-state index contributed by atoms with van der Waals surface area (Å²) in [6, 6.07) is -0.682. The van der Waals surface area contributed by atoms with Crippen LogP contribution in [0.1, 0.15) is 33.6 Å². The number of hydrogen-bond acceptors (Lipinski definition) is 4. The predicted molar refractivity (Wildman–Crippen MR) is 79.6 cm³/mol. The number of aliphatic carboxylic acids is 1. The minimum absolute atomic E-state index is 0.0175. The lowest BCUT2D eigenvalue weighted by molar-refractivity contribution is -0.155. The molecule has 2 N–H and O–H groups in total. The van der Waals surface area contributed by atoms with Crippen LogP contribution in [-0.4, -0.2) is 52.1 Å². The minimum atomic E-state index is -0.896. The average Bonchev–Trinajstić information content (AvgIpc) is 2.80. The molecule has 0 bridgehead atoms. The van der Waals surface area contributed by atoms with Crippen molar-refractivity contribution in [1.29, 1.82) is 0 Å². The Morgan fingerprint density at radius 3 is 2.65 bits per heavy atom. The number of carboxylic acid groups (broad SMARTS) is 1. The Hall–Kier alpha value is -0.750. The van der Waals surface area contributed by atoms with Gasteiger partial charge in [0.1, 0.15) is 6.04 Å². The summed E-state index contributed by atoms with van der Waals surface area (Å²) in [6.07, 6.45) is 2.10. The van der Waals surface area contributed by atoms with Crippen LogP contribution in [0.2, 0.25) is 0 Å². The average molecular weight is 300 g/mol. The second kappa shape index (κ2) is 5.93. The van der Waals surface area contributed by atoms with Gasteiger partial charge >= 0.3 is 5.97 Å². The first kappa shape index (κ1) is 15.6. The number of piperidine rings is 1. The summed E-state index contributed by atoms with van der Waals surface area (Å²) in [7, 11) is 0. The molecular weight excluding hydrogens is 276 g/mol. The summed E-state index contributed by atoms with van der Waals surface area (Å²) >= 11 is 1.54. The van der Waals surface area contributed by atoms with E-state index in [2.05, 4.69) is 5.32 Å². The van der Waals surface area contributed by atoms with E-state index in [1.54, 1.807) is 16.7 Å². The van der Waals surface area contributed by atoms with Crippen molar-refractivity contribution < 1.29 is 14.7 Å². The van der Waals surface area contributed by atoms with Crippen molar-refractivity contribution in [1.82, 2.24) is 10.2 Å². The number of amides is 1. The SMILES string of the molecule is CC1SCC(C(=O)O)N1C(=O)C(C)(C)C1CCCNC1. The Kier molecular flexibility index (Phi) is 4.64.